The van der Waals surface area contributed by atoms with E-state index >= 15 is 0 Å². The highest BCUT2D eigenvalue weighted by Crippen LogP contribution is 2.18. The summed E-state index contributed by atoms with van der Waals surface area (Å²) in [5, 5.41) is 5.33. The van der Waals surface area contributed by atoms with Crippen LogP contribution in [0.2, 0.25) is 0 Å². The molecule has 9 heteroatoms. The van der Waals surface area contributed by atoms with Gasteiger partial charge in [0.25, 0.3) is 5.91 Å². The minimum atomic E-state index is -4.00. The molecule has 29 heavy (non-hydrogen) atoms. The average molecular weight is 421 g/mol. The number of halogens is 1. The zero-order chi connectivity index (χ0) is 21.7. The molecule has 0 saturated carbocycles. The Hall–Kier alpha value is -2.78. The van der Waals surface area contributed by atoms with Gasteiger partial charge in [0.2, 0.25) is 15.9 Å². The van der Waals surface area contributed by atoms with E-state index in [0.29, 0.717) is 11.3 Å². The number of hydrogen-bond donors (Lipinski definition) is 3. The Morgan fingerprint density at radius 1 is 0.966 bits per heavy atom. The molecule has 0 aliphatic carbocycles. The van der Waals surface area contributed by atoms with E-state index in [9.17, 15) is 22.4 Å². The molecule has 0 heterocycles. The van der Waals surface area contributed by atoms with Gasteiger partial charge in [-0.05, 0) is 36.4 Å². The maximum absolute atomic E-state index is 13.6. The van der Waals surface area contributed by atoms with Crippen LogP contribution in [0.5, 0.6) is 0 Å². The molecular weight excluding hydrogens is 397 g/mol. The molecule has 3 N–H and O–H groups in total. The molecule has 2 aromatic rings. The van der Waals surface area contributed by atoms with E-state index in [4.69, 9.17) is 0 Å². The van der Waals surface area contributed by atoms with Crippen LogP contribution in [0.3, 0.4) is 0 Å². The maximum atomic E-state index is 13.6. The SMILES string of the molecule is CC(C)(C)C(=O)Nc1ccc(C(=O)NCCNS(=O)(=O)c2ccccc2F)cc1. The summed E-state index contributed by atoms with van der Waals surface area (Å²) in [6, 6.07) is 11.4. The van der Waals surface area contributed by atoms with Crippen LogP contribution < -0.4 is 15.4 Å². The molecule has 2 amide bonds. The Balaban J connectivity index is 1.85. The molecular formula is C20H24FN3O4S. The number of benzene rings is 2. The number of anilines is 1. The lowest BCUT2D eigenvalue weighted by Crippen LogP contribution is -2.35. The highest BCUT2D eigenvalue weighted by Gasteiger charge is 2.21. The molecule has 0 aliphatic heterocycles. The van der Waals surface area contributed by atoms with E-state index in [2.05, 4.69) is 15.4 Å². The van der Waals surface area contributed by atoms with Crippen molar-refractivity contribution in [3.8, 4) is 0 Å². The predicted octanol–water partition coefficient (Wildman–Crippen LogP) is 2.52. The summed E-state index contributed by atoms with van der Waals surface area (Å²) in [5.41, 5.74) is 0.390. The molecule has 0 radical (unpaired) electrons. The van der Waals surface area contributed by atoms with E-state index in [1.165, 1.54) is 12.1 Å². The second-order valence-corrected chi connectivity index (χ2v) is 9.10. The zero-order valence-corrected chi connectivity index (χ0v) is 17.3. The van der Waals surface area contributed by atoms with Crippen LogP contribution in [0.15, 0.2) is 53.4 Å². The number of rotatable bonds is 7. The van der Waals surface area contributed by atoms with Crippen LogP contribution in [0, 0.1) is 11.2 Å². The van der Waals surface area contributed by atoms with Crippen molar-refractivity contribution in [2.75, 3.05) is 18.4 Å². The summed E-state index contributed by atoms with van der Waals surface area (Å²) >= 11 is 0. The fourth-order valence-electron chi connectivity index (χ4n) is 2.23. The second-order valence-electron chi connectivity index (χ2n) is 7.37. The zero-order valence-electron chi connectivity index (χ0n) is 16.5. The minimum Gasteiger partial charge on any atom is -0.351 e. The van der Waals surface area contributed by atoms with Gasteiger partial charge in [0.05, 0.1) is 0 Å². The number of nitrogens with one attached hydrogen (secondary N) is 3. The van der Waals surface area contributed by atoms with Crippen LogP contribution in [-0.4, -0.2) is 33.3 Å². The Morgan fingerprint density at radius 2 is 1.59 bits per heavy atom. The highest BCUT2D eigenvalue weighted by molar-refractivity contribution is 7.89. The smallest absolute Gasteiger partial charge is 0.251 e. The monoisotopic (exact) mass is 421 g/mol. The van der Waals surface area contributed by atoms with Gasteiger partial charge in [0.1, 0.15) is 10.7 Å². The topological polar surface area (TPSA) is 104 Å². The number of sulfonamides is 1. The van der Waals surface area contributed by atoms with Crippen molar-refractivity contribution in [1.82, 2.24) is 10.0 Å². The average Bonchev–Trinajstić information content (AvgIpc) is 2.65. The molecule has 0 saturated heterocycles. The molecule has 0 fully saturated rings. The molecule has 0 aromatic heterocycles. The minimum absolute atomic E-state index is 0.0228. The van der Waals surface area contributed by atoms with Gasteiger partial charge >= 0.3 is 0 Å². The van der Waals surface area contributed by atoms with E-state index in [1.807, 2.05) is 0 Å². The van der Waals surface area contributed by atoms with Crippen molar-refractivity contribution in [2.45, 2.75) is 25.7 Å². The van der Waals surface area contributed by atoms with Crippen molar-refractivity contribution < 1.29 is 22.4 Å². The lowest BCUT2D eigenvalue weighted by molar-refractivity contribution is -0.123. The Morgan fingerprint density at radius 3 is 2.17 bits per heavy atom. The predicted molar refractivity (Wildman–Crippen MR) is 108 cm³/mol. The largest absolute Gasteiger partial charge is 0.351 e. The third-order valence-corrected chi connectivity index (χ3v) is 5.41. The standard InChI is InChI=1S/C20H24FN3O4S/c1-20(2,3)19(26)24-15-10-8-14(9-11-15)18(25)22-12-13-23-29(27,28)17-7-5-4-6-16(17)21/h4-11,23H,12-13H2,1-3H3,(H,22,25)(H,24,26). The summed E-state index contributed by atoms with van der Waals surface area (Å²) in [6.45, 7) is 5.32. The van der Waals surface area contributed by atoms with E-state index in [-0.39, 0.29) is 19.0 Å². The van der Waals surface area contributed by atoms with Crippen molar-refractivity contribution in [2.24, 2.45) is 5.41 Å². The third-order valence-electron chi connectivity index (χ3n) is 3.91. The Labute approximate surface area is 169 Å². The molecule has 156 valence electrons. The van der Waals surface area contributed by atoms with Crippen molar-refractivity contribution in [1.29, 1.82) is 0 Å². The highest BCUT2D eigenvalue weighted by atomic mass is 32.2. The van der Waals surface area contributed by atoms with Gasteiger partial charge in [-0.3, -0.25) is 9.59 Å². The first kappa shape index (κ1) is 22.5. The molecule has 0 bridgehead atoms. The van der Waals surface area contributed by atoms with E-state index in [1.54, 1.807) is 45.0 Å². The van der Waals surface area contributed by atoms with Crippen LogP contribution in [-0.2, 0) is 14.8 Å². The molecule has 0 unspecified atom stereocenters. The van der Waals surface area contributed by atoms with Crippen molar-refractivity contribution in [3.63, 3.8) is 0 Å². The maximum Gasteiger partial charge on any atom is 0.251 e. The van der Waals surface area contributed by atoms with Gasteiger partial charge in [0, 0.05) is 29.8 Å². The molecule has 7 nitrogen and oxygen atoms in total. The first-order chi connectivity index (χ1) is 13.5. The Kier molecular flexibility index (Phi) is 7.10. The summed E-state index contributed by atoms with van der Waals surface area (Å²) < 4.78 is 40.0. The Bertz CT molecular complexity index is 984. The van der Waals surface area contributed by atoms with Gasteiger partial charge in [0.15, 0.2) is 0 Å². The second kappa shape index (κ2) is 9.15. The lowest BCUT2D eigenvalue weighted by atomic mass is 9.95. The molecule has 0 atom stereocenters. The quantitative estimate of drug-likeness (QED) is 0.598. The number of hydrogen-bond acceptors (Lipinski definition) is 4. The van der Waals surface area contributed by atoms with Gasteiger partial charge < -0.3 is 10.6 Å². The van der Waals surface area contributed by atoms with Gasteiger partial charge in [-0.1, -0.05) is 32.9 Å². The summed E-state index contributed by atoms with van der Waals surface area (Å²) in [5.74, 6) is -1.39. The molecule has 0 spiro atoms. The number of amides is 2. The van der Waals surface area contributed by atoms with Crippen molar-refractivity contribution >= 4 is 27.5 Å². The molecule has 2 aromatic carbocycles. The van der Waals surface area contributed by atoms with Gasteiger partial charge in [-0.2, -0.15) is 0 Å². The molecule has 2 rings (SSSR count). The summed E-state index contributed by atoms with van der Waals surface area (Å²) in [7, 11) is -4.00. The fourth-order valence-corrected chi connectivity index (χ4v) is 3.34. The first-order valence-electron chi connectivity index (χ1n) is 8.94. The summed E-state index contributed by atoms with van der Waals surface area (Å²) in [4.78, 5) is 23.7. The number of carbonyl (C=O) groups is 2. The van der Waals surface area contributed by atoms with Gasteiger partial charge in [-0.25, -0.2) is 17.5 Å². The first-order valence-corrected chi connectivity index (χ1v) is 10.4. The fraction of sp³-hybridized carbons (Fsp3) is 0.300. The van der Waals surface area contributed by atoms with Crippen LogP contribution in [0.1, 0.15) is 31.1 Å². The van der Waals surface area contributed by atoms with E-state index < -0.39 is 32.1 Å². The van der Waals surface area contributed by atoms with E-state index in [0.717, 1.165) is 12.1 Å². The lowest BCUT2D eigenvalue weighted by Gasteiger charge is -2.17. The number of carbonyl (C=O) groups excluding carboxylic acids is 2. The molecule has 0 aliphatic rings. The van der Waals surface area contributed by atoms with Gasteiger partial charge in [-0.15, -0.1) is 0 Å². The third kappa shape index (κ3) is 6.37. The van der Waals surface area contributed by atoms with Crippen LogP contribution in [0.25, 0.3) is 0 Å². The summed E-state index contributed by atoms with van der Waals surface area (Å²) in [6.07, 6.45) is 0. The van der Waals surface area contributed by atoms with Crippen molar-refractivity contribution in [3.05, 3.63) is 59.9 Å². The van der Waals surface area contributed by atoms with Crippen LogP contribution in [0.4, 0.5) is 10.1 Å². The van der Waals surface area contributed by atoms with Crippen LogP contribution >= 0.6 is 0 Å². The normalized spacial score (nSPS) is 11.7.